The Hall–Kier alpha value is -3.12. The van der Waals surface area contributed by atoms with E-state index in [1.165, 1.54) is 12.1 Å². The van der Waals surface area contributed by atoms with Gasteiger partial charge in [0.05, 0.1) is 10.6 Å². The van der Waals surface area contributed by atoms with Crippen LogP contribution in [0.25, 0.3) is 0 Å². The van der Waals surface area contributed by atoms with Crippen molar-refractivity contribution in [1.82, 2.24) is 0 Å². The average molecular weight is 452 g/mol. The molecule has 168 valence electrons. The fourth-order valence-corrected chi connectivity index (χ4v) is 4.79. The molecule has 3 rings (SSSR count). The highest BCUT2D eigenvalue weighted by molar-refractivity contribution is 7.93. The third-order valence-electron chi connectivity index (χ3n) is 5.19. The van der Waals surface area contributed by atoms with Gasteiger partial charge < -0.3 is 4.74 Å². The predicted octanol–water partition coefficient (Wildman–Crippen LogP) is 5.45. The minimum absolute atomic E-state index is 0.0511. The molecular formula is C26H29NO4S. The van der Waals surface area contributed by atoms with Crippen LogP contribution < -0.4 is 9.04 Å². The molecule has 0 fully saturated rings. The number of rotatable bonds is 9. The summed E-state index contributed by atoms with van der Waals surface area (Å²) in [5.74, 6) is -0.0959. The van der Waals surface area contributed by atoms with Gasteiger partial charge in [0.25, 0.3) is 15.9 Å². The molecule has 0 saturated carbocycles. The first-order chi connectivity index (χ1) is 15.3. The zero-order valence-electron chi connectivity index (χ0n) is 18.7. The van der Waals surface area contributed by atoms with E-state index in [-0.39, 0.29) is 4.90 Å². The summed E-state index contributed by atoms with van der Waals surface area (Å²) in [6.07, 6.45) is 3.03. The number of carbonyl (C=O) groups excluding carboxylic acids is 1. The molecule has 0 aliphatic heterocycles. The number of amides is 1. The quantitative estimate of drug-likeness (QED) is 0.434. The minimum Gasteiger partial charge on any atom is -0.483 e. The lowest BCUT2D eigenvalue weighted by atomic mass is 10.1. The van der Waals surface area contributed by atoms with Gasteiger partial charge in [-0.1, -0.05) is 55.8 Å². The van der Waals surface area contributed by atoms with E-state index in [1.807, 2.05) is 44.2 Å². The number of unbranched alkanes of at least 4 members (excludes halogenated alkanes) is 1. The molecule has 0 bridgehead atoms. The summed E-state index contributed by atoms with van der Waals surface area (Å²) in [6.45, 7) is 5.54. The normalized spacial score (nSPS) is 11.2. The van der Waals surface area contributed by atoms with Gasteiger partial charge in [0, 0.05) is 0 Å². The van der Waals surface area contributed by atoms with Crippen LogP contribution in [0.3, 0.4) is 0 Å². The molecule has 32 heavy (non-hydrogen) atoms. The van der Waals surface area contributed by atoms with Crippen LogP contribution in [0.2, 0.25) is 0 Å². The Morgan fingerprint density at radius 1 is 0.938 bits per heavy atom. The van der Waals surface area contributed by atoms with Gasteiger partial charge in [-0.05, 0) is 73.7 Å². The number of ether oxygens (including phenoxy) is 1. The third-order valence-corrected chi connectivity index (χ3v) is 6.96. The van der Waals surface area contributed by atoms with Crippen molar-refractivity contribution >= 4 is 21.6 Å². The number of hydrogen-bond donors (Lipinski definition) is 0. The number of anilines is 1. The van der Waals surface area contributed by atoms with E-state index < -0.39 is 22.5 Å². The molecule has 0 unspecified atom stereocenters. The number of hydrogen-bond acceptors (Lipinski definition) is 4. The Morgan fingerprint density at radius 3 is 2.28 bits per heavy atom. The molecule has 0 aromatic heterocycles. The third kappa shape index (κ3) is 5.56. The summed E-state index contributed by atoms with van der Waals surface area (Å²) in [5, 5.41) is 0. The van der Waals surface area contributed by atoms with E-state index in [0.29, 0.717) is 11.4 Å². The maximum atomic E-state index is 13.4. The largest absolute Gasteiger partial charge is 0.483 e. The van der Waals surface area contributed by atoms with Crippen LogP contribution >= 0.6 is 0 Å². The topological polar surface area (TPSA) is 63.7 Å². The molecule has 6 heteroatoms. The SMILES string of the molecule is CCCCc1ccc(N(C(=O)COc2cc(C)ccc2C)S(=O)(=O)c2ccccc2)cc1. The first kappa shape index (κ1) is 23.5. The molecule has 0 atom stereocenters. The van der Waals surface area contributed by atoms with E-state index in [2.05, 4.69) is 6.92 Å². The number of aryl methyl sites for hydroxylation is 3. The first-order valence-electron chi connectivity index (χ1n) is 10.7. The summed E-state index contributed by atoms with van der Waals surface area (Å²) in [4.78, 5) is 13.3. The Kier molecular flexibility index (Phi) is 7.70. The molecule has 0 aliphatic carbocycles. The zero-order chi connectivity index (χ0) is 23.1. The predicted molar refractivity (Wildman–Crippen MR) is 128 cm³/mol. The van der Waals surface area contributed by atoms with Crippen LogP contribution in [0.15, 0.2) is 77.7 Å². The fraction of sp³-hybridized carbons (Fsp3) is 0.269. The number of carbonyl (C=O) groups is 1. The summed E-state index contributed by atoms with van der Waals surface area (Å²) in [5.41, 5.74) is 3.27. The van der Waals surface area contributed by atoms with Gasteiger partial charge in [0.2, 0.25) is 0 Å². The Balaban J connectivity index is 1.93. The van der Waals surface area contributed by atoms with Crippen molar-refractivity contribution in [2.75, 3.05) is 10.9 Å². The highest BCUT2D eigenvalue weighted by Crippen LogP contribution is 2.26. The molecule has 0 saturated heterocycles. The standard InChI is InChI=1S/C26H29NO4S/c1-4-5-9-22-14-16-23(17-15-22)27(32(29,30)24-10-7-6-8-11-24)26(28)19-31-25-18-20(2)12-13-21(25)3/h6-8,10-18H,4-5,9,19H2,1-3H3. The first-order valence-corrected chi connectivity index (χ1v) is 12.2. The Bertz CT molecular complexity index is 1160. The van der Waals surface area contributed by atoms with E-state index in [4.69, 9.17) is 4.74 Å². The van der Waals surface area contributed by atoms with Gasteiger partial charge in [-0.2, -0.15) is 4.31 Å². The second kappa shape index (κ2) is 10.5. The number of nitrogens with zero attached hydrogens (tertiary/aromatic N) is 1. The van der Waals surface area contributed by atoms with Crippen LogP contribution in [0.5, 0.6) is 5.75 Å². The molecule has 0 spiro atoms. The van der Waals surface area contributed by atoms with Crippen LogP contribution in [0, 0.1) is 13.8 Å². The van der Waals surface area contributed by atoms with Crippen LogP contribution in [0.1, 0.15) is 36.5 Å². The van der Waals surface area contributed by atoms with E-state index in [0.717, 1.165) is 40.3 Å². The van der Waals surface area contributed by atoms with Crippen LogP contribution in [-0.4, -0.2) is 20.9 Å². The summed E-state index contributed by atoms with van der Waals surface area (Å²) >= 11 is 0. The summed E-state index contributed by atoms with van der Waals surface area (Å²) in [7, 11) is -4.10. The zero-order valence-corrected chi connectivity index (χ0v) is 19.6. The number of benzene rings is 3. The number of sulfonamides is 1. The molecule has 0 heterocycles. The van der Waals surface area contributed by atoms with Crippen LogP contribution in [-0.2, 0) is 21.2 Å². The van der Waals surface area contributed by atoms with Gasteiger partial charge in [-0.25, -0.2) is 8.42 Å². The molecule has 3 aromatic rings. The van der Waals surface area contributed by atoms with Crippen molar-refractivity contribution in [3.8, 4) is 5.75 Å². The van der Waals surface area contributed by atoms with Gasteiger partial charge in [0.1, 0.15) is 5.75 Å². The second-order valence-electron chi connectivity index (χ2n) is 7.80. The highest BCUT2D eigenvalue weighted by atomic mass is 32.2. The lowest BCUT2D eigenvalue weighted by Gasteiger charge is -2.23. The smallest absolute Gasteiger partial charge is 0.278 e. The van der Waals surface area contributed by atoms with Crippen molar-refractivity contribution in [3.05, 3.63) is 89.5 Å². The van der Waals surface area contributed by atoms with Gasteiger partial charge >= 0.3 is 0 Å². The van der Waals surface area contributed by atoms with Gasteiger partial charge in [-0.3, -0.25) is 4.79 Å². The molecule has 3 aromatic carbocycles. The molecular weight excluding hydrogens is 422 g/mol. The van der Waals surface area contributed by atoms with E-state index in [9.17, 15) is 13.2 Å². The van der Waals surface area contributed by atoms with Gasteiger partial charge in [0.15, 0.2) is 6.61 Å². The van der Waals surface area contributed by atoms with E-state index >= 15 is 0 Å². The monoisotopic (exact) mass is 451 g/mol. The lowest BCUT2D eigenvalue weighted by Crippen LogP contribution is -2.40. The van der Waals surface area contributed by atoms with Gasteiger partial charge in [-0.15, -0.1) is 0 Å². The second-order valence-corrected chi connectivity index (χ2v) is 9.59. The maximum absolute atomic E-state index is 13.4. The molecule has 5 nitrogen and oxygen atoms in total. The van der Waals surface area contributed by atoms with Crippen LogP contribution in [0.4, 0.5) is 5.69 Å². The van der Waals surface area contributed by atoms with Crippen molar-refractivity contribution in [1.29, 1.82) is 0 Å². The minimum atomic E-state index is -4.10. The Morgan fingerprint density at radius 2 is 1.62 bits per heavy atom. The highest BCUT2D eigenvalue weighted by Gasteiger charge is 2.31. The molecule has 0 N–H and O–H groups in total. The van der Waals surface area contributed by atoms with Crippen molar-refractivity contribution in [2.45, 2.75) is 44.9 Å². The molecule has 0 aliphatic rings. The van der Waals surface area contributed by atoms with E-state index in [1.54, 1.807) is 30.3 Å². The van der Waals surface area contributed by atoms with Crippen molar-refractivity contribution in [3.63, 3.8) is 0 Å². The van der Waals surface area contributed by atoms with Crippen molar-refractivity contribution in [2.24, 2.45) is 0 Å². The molecule has 1 amide bonds. The lowest BCUT2D eigenvalue weighted by molar-refractivity contribution is -0.119. The average Bonchev–Trinajstić information content (AvgIpc) is 2.79. The fourth-order valence-electron chi connectivity index (χ4n) is 3.35. The molecule has 0 radical (unpaired) electrons. The summed E-state index contributed by atoms with van der Waals surface area (Å²) < 4.78 is 33.4. The summed E-state index contributed by atoms with van der Waals surface area (Å²) in [6, 6.07) is 20.8. The van der Waals surface area contributed by atoms with Crippen molar-refractivity contribution < 1.29 is 17.9 Å². The maximum Gasteiger partial charge on any atom is 0.278 e. The Labute approximate surface area is 190 Å².